The van der Waals surface area contributed by atoms with Crippen molar-refractivity contribution < 1.29 is 19.4 Å². The Bertz CT molecular complexity index is 1000. The fourth-order valence-corrected chi connectivity index (χ4v) is 4.45. The Labute approximate surface area is 215 Å². The molecule has 0 spiro atoms. The van der Waals surface area contributed by atoms with Gasteiger partial charge in [-0.15, -0.1) is 12.4 Å². The Hall–Kier alpha value is -2.41. The molecule has 2 fully saturated rings. The van der Waals surface area contributed by atoms with Crippen LogP contribution in [-0.2, 0) is 11.3 Å². The van der Waals surface area contributed by atoms with E-state index in [-0.39, 0.29) is 30.9 Å². The number of carbonyl (C=O) groups is 2. The molecule has 192 valence electrons. The molecular formula is C28H39ClN2O4. The van der Waals surface area contributed by atoms with Gasteiger partial charge in [0, 0.05) is 12.1 Å². The van der Waals surface area contributed by atoms with Crippen LogP contribution >= 0.6 is 12.4 Å². The predicted molar refractivity (Wildman–Crippen MR) is 141 cm³/mol. The minimum absolute atomic E-state index is 0. The maximum Gasteiger partial charge on any atom is 0.407 e. The van der Waals surface area contributed by atoms with Crippen LogP contribution in [0.25, 0.3) is 0 Å². The summed E-state index contributed by atoms with van der Waals surface area (Å²) in [4.78, 5) is 22.9. The van der Waals surface area contributed by atoms with E-state index >= 15 is 0 Å². The molecule has 4 rings (SSSR count). The molecule has 6 nitrogen and oxygen atoms in total. The number of hydrogen-bond acceptors (Lipinski definition) is 5. The number of alkyl carbamates (subject to hydrolysis) is 1. The van der Waals surface area contributed by atoms with E-state index in [1.165, 1.54) is 11.1 Å². The number of halogens is 1. The van der Waals surface area contributed by atoms with Crippen molar-refractivity contribution in [3.8, 4) is 0 Å². The highest BCUT2D eigenvalue weighted by Gasteiger charge is 2.40. The van der Waals surface area contributed by atoms with Crippen LogP contribution in [0.5, 0.6) is 0 Å². The van der Waals surface area contributed by atoms with E-state index in [1.54, 1.807) is 6.92 Å². The lowest BCUT2D eigenvalue weighted by atomic mass is 9.99. The summed E-state index contributed by atoms with van der Waals surface area (Å²) < 4.78 is 5.21. The first kappa shape index (κ1) is 28.8. The molecule has 0 saturated heterocycles. The Morgan fingerprint density at radius 3 is 2.14 bits per heavy atom. The van der Waals surface area contributed by atoms with Crippen LogP contribution in [0.4, 0.5) is 4.79 Å². The van der Waals surface area contributed by atoms with Gasteiger partial charge < -0.3 is 20.9 Å². The molecule has 4 atom stereocenters. The van der Waals surface area contributed by atoms with Gasteiger partial charge in [0.2, 0.25) is 0 Å². The first-order valence-corrected chi connectivity index (χ1v) is 12.1. The smallest absolute Gasteiger partial charge is 0.407 e. The number of carbonyl (C=O) groups excluding carboxylic acids is 2. The van der Waals surface area contributed by atoms with Crippen LogP contribution in [0.15, 0.2) is 48.5 Å². The molecule has 0 heterocycles. The van der Waals surface area contributed by atoms with Gasteiger partial charge in [0.05, 0.1) is 6.61 Å². The third-order valence-electron chi connectivity index (χ3n) is 6.42. The van der Waals surface area contributed by atoms with E-state index in [1.807, 2.05) is 57.2 Å². The van der Waals surface area contributed by atoms with Crippen molar-refractivity contribution in [2.75, 3.05) is 13.1 Å². The maximum absolute atomic E-state index is 11.6. The first-order chi connectivity index (χ1) is 16.1. The molecule has 2 aromatic carbocycles. The van der Waals surface area contributed by atoms with E-state index in [0.29, 0.717) is 30.2 Å². The zero-order chi connectivity index (χ0) is 24.9. The number of benzene rings is 2. The molecule has 2 aliphatic carbocycles. The number of nitrogens with two attached hydrogens (primary N) is 1. The second-order valence-corrected chi connectivity index (χ2v) is 10.3. The number of ether oxygens (including phenoxy) is 1. The molecule has 35 heavy (non-hydrogen) atoms. The topological polar surface area (TPSA) is 102 Å². The third-order valence-corrected chi connectivity index (χ3v) is 6.42. The number of rotatable bonds is 7. The minimum Gasteiger partial charge on any atom is -0.444 e. The highest BCUT2D eigenvalue weighted by atomic mass is 35.5. The summed E-state index contributed by atoms with van der Waals surface area (Å²) in [6.45, 7) is 8.60. The predicted octanol–water partition coefficient (Wildman–Crippen LogP) is 5.18. The normalized spacial score (nSPS) is 22.1. The van der Waals surface area contributed by atoms with Gasteiger partial charge in [-0.25, -0.2) is 4.79 Å². The molecule has 0 aliphatic heterocycles. The van der Waals surface area contributed by atoms with E-state index in [4.69, 9.17) is 10.5 Å². The van der Waals surface area contributed by atoms with Gasteiger partial charge in [-0.2, -0.15) is 0 Å². The number of aliphatic hydroxyl groups excluding tert-OH is 1. The van der Waals surface area contributed by atoms with Crippen molar-refractivity contribution in [3.63, 3.8) is 0 Å². The molecule has 0 aromatic heterocycles. The summed E-state index contributed by atoms with van der Waals surface area (Å²) in [7, 11) is 0. The number of aliphatic hydroxyl groups is 1. The van der Waals surface area contributed by atoms with E-state index in [9.17, 15) is 14.7 Å². The van der Waals surface area contributed by atoms with Gasteiger partial charge in [-0.1, -0.05) is 48.5 Å². The lowest BCUT2D eigenvalue weighted by molar-refractivity contribution is 0.0525. The summed E-state index contributed by atoms with van der Waals surface area (Å²) >= 11 is 0. The number of ketones is 1. The summed E-state index contributed by atoms with van der Waals surface area (Å²) in [6.07, 6.45) is 1.83. The lowest BCUT2D eigenvalue weighted by Crippen LogP contribution is -2.33. The maximum atomic E-state index is 11.6. The van der Waals surface area contributed by atoms with E-state index in [2.05, 4.69) is 17.4 Å². The van der Waals surface area contributed by atoms with Crippen molar-refractivity contribution in [2.45, 2.75) is 64.6 Å². The van der Waals surface area contributed by atoms with Gasteiger partial charge in [0.25, 0.3) is 0 Å². The average Bonchev–Trinajstić information content (AvgIpc) is 3.72. The van der Waals surface area contributed by atoms with Crippen molar-refractivity contribution >= 4 is 24.3 Å². The van der Waals surface area contributed by atoms with Crippen molar-refractivity contribution in [1.82, 2.24) is 5.32 Å². The molecular weight excluding hydrogens is 464 g/mol. The molecule has 2 saturated carbocycles. The molecule has 2 aliphatic rings. The van der Waals surface area contributed by atoms with Crippen molar-refractivity contribution in [2.24, 2.45) is 17.6 Å². The Balaban J connectivity index is 0.000000254. The molecule has 1 amide bonds. The number of nitrogens with one attached hydrogen (secondary N) is 1. The Morgan fingerprint density at radius 2 is 1.57 bits per heavy atom. The molecule has 7 heteroatoms. The van der Waals surface area contributed by atoms with Gasteiger partial charge in [-0.05, 0) is 87.4 Å². The highest BCUT2D eigenvalue weighted by Crippen LogP contribution is 2.48. The second kappa shape index (κ2) is 12.5. The molecule has 4 N–H and O–H groups in total. The quantitative estimate of drug-likeness (QED) is 0.453. The largest absolute Gasteiger partial charge is 0.444 e. The number of amides is 1. The Morgan fingerprint density at radius 1 is 1.00 bits per heavy atom. The molecule has 4 unspecified atom stereocenters. The Kier molecular flexibility index (Phi) is 10.3. The average molecular weight is 503 g/mol. The van der Waals surface area contributed by atoms with Gasteiger partial charge >= 0.3 is 6.09 Å². The monoisotopic (exact) mass is 502 g/mol. The first-order valence-electron chi connectivity index (χ1n) is 12.1. The van der Waals surface area contributed by atoms with Crippen LogP contribution in [0.3, 0.4) is 0 Å². The molecule has 0 bridgehead atoms. The SMILES string of the molecule is CC(=O)c1ccccc1C1CC1CN.CC(C)(C)OC(=O)NCC1CC1c1ccccc1CO.Cl. The van der Waals surface area contributed by atoms with Crippen molar-refractivity contribution in [1.29, 1.82) is 0 Å². The summed E-state index contributed by atoms with van der Waals surface area (Å²) in [6, 6.07) is 15.8. The van der Waals surface area contributed by atoms with Crippen LogP contribution < -0.4 is 11.1 Å². The fourth-order valence-electron chi connectivity index (χ4n) is 4.45. The zero-order valence-electron chi connectivity index (χ0n) is 21.1. The van der Waals surface area contributed by atoms with Gasteiger partial charge in [0.15, 0.2) is 5.78 Å². The lowest BCUT2D eigenvalue weighted by Gasteiger charge is -2.19. The van der Waals surface area contributed by atoms with Gasteiger partial charge in [0.1, 0.15) is 5.60 Å². The summed E-state index contributed by atoms with van der Waals surface area (Å²) in [5, 5.41) is 12.2. The van der Waals surface area contributed by atoms with Gasteiger partial charge in [-0.3, -0.25) is 4.79 Å². The van der Waals surface area contributed by atoms with Crippen LogP contribution in [0, 0.1) is 11.8 Å². The molecule has 0 radical (unpaired) electrons. The second-order valence-electron chi connectivity index (χ2n) is 10.3. The fraction of sp³-hybridized carbons (Fsp3) is 0.500. The summed E-state index contributed by atoms with van der Waals surface area (Å²) in [5.74, 6) is 2.15. The van der Waals surface area contributed by atoms with Crippen molar-refractivity contribution in [3.05, 3.63) is 70.8 Å². The molecule has 2 aromatic rings. The minimum atomic E-state index is -0.462. The van der Waals surface area contributed by atoms with Crippen LogP contribution in [0.2, 0.25) is 0 Å². The third kappa shape index (κ3) is 8.34. The van der Waals surface area contributed by atoms with Crippen LogP contribution in [0.1, 0.15) is 79.4 Å². The standard InChI is InChI=1S/C16H23NO3.C12H15NO.ClH/c1-16(2,3)20-15(19)17-9-12-8-14(12)13-7-5-4-6-11(13)10-18;1-8(14)10-4-2-3-5-11(10)12-6-9(12)7-13;/h4-7,12,14,18H,8-10H2,1-3H3,(H,17,19);2-5,9,12H,6-7,13H2,1H3;1H. The number of Topliss-reactive ketones (excluding diaryl/α,β-unsaturated/α-hetero) is 1. The zero-order valence-corrected chi connectivity index (χ0v) is 21.9. The van der Waals surface area contributed by atoms with Crippen LogP contribution in [-0.4, -0.2) is 35.7 Å². The highest BCUT2D eigenvalue weighted by molar-refractivity contribution is 5.95. The number of hydrogen-bond donors (Lipinski definition) is 3. The summed E-state index contributed by atoms with van der Waals surface area (Å²) in [5.41, 5.74) is 9.38. The van der Waals surface area contributed by atoms with E-state index < -0.39 is 5.60 Å². The van der Waals surface area contributed by atoms with E-state index in [0.717, 1.165) is 30.5 Å².